The number of aromatic nitrogens is 4. The van der Waals surface area contributed by atoms with E-state index in [0.29, 0.717) is 13.2 Å². The van der Waals surface area contributed by atoms with Gasteiger partial charge < -0.3 is 34.3 Å². The van der Waals surface area contributed by atoms with Crippen molar-refractivity contribution in [1.82, 2.24) is 9.13 Å². The maximum absolute atomic E-state index is 5.93. The molecule has 0 aliphatic rings. The number of nitrogens with zero attached hydrogens (tertiary/aromatic N) is 4. The van der Waals surface area contributed by atoms with Gasteiger partial charge in [0, 0.05) is 19.3 Å². The lowest BCUT2D eigenvalue weighted by Crippen LogP contribution is -3.00. The quantitative estimate of drug-likeness (QED) is 0.114. The molecule has 0 aliphatic heterocycles. The Hall–Kier alpha value is -3.68. The van der Waals surface area contributed by atoms with Crippen LogP contribution >= 0.6 is 0 Å². The Bertz CT molecular complexity index is 1590. The standard InChI is InChI=1S/C37H42N4O2.2ClH/c1-3-14-32(15-4-1)28-42-26-12-24-40-30-38(34-18-7-9-20-36(34)40)22-11-23-39-31-41(37-21-10-8-19-35(37)39)25-13-27-43-29-33-16-5-2-6-17-33;;/h1-10,14-21,30-31H,11-13,22-29H2;2*1H/q+2;;/p-2. The summed E-state index contributed by atoms with van der Waals surface area (Å²) in [6.45, 7) is 6.67. The highest BCUT2D eigenvalue weighted by molar-refractivity contribution is 5.72. The van der Waals surface area contributed by atoms with E-state index in [-0.39, 0.29) is 24.8 Å². The summed E-state index contributed by atoms with van der Waals surface area (Å²) in [7, 11) is 0. The first kappa shape index (κ1) is 34.2. The average molecular weight is 646 g/mol. The number of halogens is 2. The number of benzene rings is 4. The Morgan fingerprint density at radius 1 is 0.467 bits per heavy atom. The lowest BCUT2D eigenvalue weighted by Gasteiger charge is -2.03. The summed E-state index contributed by atoms with van der Waals surface area (Å²) in [5, 5.41) is 0. The van der Waals surface area contributed by atoms with Gasteiger partial charge in [-0.3, -0.25) is 0 Å². The number of para-hydroxylation sites is 4. The van der Waals surface area contributed by atoms with Crippen LogP contribution in [0.5, 0.6) is 0 Å². The molecule has 6 aromatic rings. The van der Waals surface area contributed by atoms with Crippen LogP contribution < -0.4 is 33.9 Å². The van der Waals surface area contributed by atoms with Crippen molar-refractivity contribution in [2.75, 3.05) is 13.2 Å². The highest BCUT2D eigenvalue weighted by Gasteiger charge is 2.17. The van der Waals surface area contributed by atoms with Crippen LogP contribution in [0.25, 0.3) is 22.1 Å². The van der Waals surface area contributed by atoms with Crippen molar-refractivity contribution in [3.05, 3.63) is 133 Å². The van der Waals surface area contributed by atoms with Crippen LogP contribution in [-0.2, 0) is 48.9 Å². The number of hydrogen-bond acceptors (Lipinski definition) is 2. The van der Waals surface area contributed by atoms with Crippen molar-refractivity contribution in [3.63, 3.8) is 0 Å². The molecule has 45 heavy (non-hydrogen) atoms. The molecule has 0 fully saturated rings. The summed E-state index contributed by atoms with van der Waals surface area (Å²) in [6, 6.07) is 38.2. The number of aryl methyl sites for hydroxylation is 4. The van der Waals surface area contributed by atoms with E-state index in [1.807, 2.05) is 12.1 Å². The number of hydrogen-bond donors (Lipinski definition) is 0. The molecule has 0 aliphatic carbocycles. The highest BCUT2D eigenvalue weighted by Crippen LogP contribution is 2.14. The predicted octanol–water partition coefficient (Wildman–Crippen LogP) is 0.483. The Morgan fingerprint density at radius 3 is 1.31 bits per heavy atom. The van der Waals surface area contributed by atoms with Gasteiger partial charge in [0.25, 0.3) is 0 Å². The van der Waals surface area contributed by atoms with E-state index < -0.39 is 0 Å². The van der Waals surface area contributed by atoms with Crippen LogP contribution in [0.15, 0.2) is 122 Å². The van der Waals surface area contributed by atoms with Gasteiger partial charge in [0.2, 0.25) is 12.7 Å². The summed E-state index contributed by atoms with van der Waals surface area (Å²) >= 11 is 0. The van der Waals surface area contributed by atoms with Gasteiger partial charge in [0.1, 0.15) is 0 Å². The molecule has 0 atom stereocenters. The second-order valence-corrected chi connectivity index (χ2v) is 11.1. The van der Waals surface area contributed by atoms with Gasteiger partial charge in [-0.2, -0.15) is 0 Å². The van der Waals surface area contributed by atoms with Crippen molar-refractivity contribution in [3.8, 4) is 0 Å². The van der Waals surface area contributed by atoms with E-state index in [9.17, 15) is 0 Å². The summed E-state index contributed by atoms with van der Waals surface area (Å²) in [5.41, 5.74) is 7.58. The van der Waals surface area contributed by atoms with E-state index in [1.165, 1.54) is 33.2 Å². The van der Waals surface area contributed by atoms with Gasteiger partial charge in [-0.1, -0.05) is 84.9 Å². The Morgan fingerprint density at radius 2 is 0.867 bits per heavy atom. The summed E-state index contributed by atoms with van der Waals surface area (Å²) in [6.07, 6.45) is 7.59. The zero-order chi connectivity index (χ0) is 29.1. The fourth-order valence-corrected chi connectivity index (χ4v) is 5.81. The third kappa shape index (κ3) is 9.18. The molecule has 0 N–H and O–H groups in total. The van der Waals surface area contributed by atoms with E-state index in [4.69, 9.17) is 9.47 Å². The summed E-state index contributed by atoms with van der Waals surface area (Å²) in [4.78, 5) is 0. The third-order valence-corrected chi connectivity index (χ3v) is 7.96. The topological polar surface area (TPSA) is 36.1 Å². The Labute approximate surface area is 278 Å². The van der Waals surface area contributed by atoms with Crippen molar-refractivity contribution in [1.29, 1.82) is 0 Å². The van der Waals surface area contributed by atoms with Crippen LogP contribution in [0, 0.1) is 0 Å². The molecule has 6 rings (SSSR count). The van der Waals surface area contributed by atoms with Crippen LogP contribution in [-0.4, -0.2) is 22.3 Å². The van der Waals surface area contributed by atoms with E-state index in [0.717, 1.165) is 58.7 Å². The minimum absolute atomic E-state index is 0. The average Bonchev–Trinajstić information content (AvgIpc) is 3.60. The van der Waals surface area contributed by atoms with Crippen molar-refractivity contribution >= 4 is 22.1 Å². The van der Waals surface area contributed by atoms with Gasteiger partial charge in [-0.05, 0) is 35.4 Å². The lowest BCUT2D eigenvalue weighted by atomic mass is 10.2. The summed E-state index contributed by atoms with van der Waals surface area (Å²) in [5.74, 6) is 0. The van der Waals surface area contributed by atoms with Crippen LogP contribution in [0.2, 0.25) is 0 Å². The first-order chi connectivity index (χ1) is 21.3. The van der Waals surface area contributed by atoms with Gasteiger partial charge in [0.05, 0.1) is 52.6 Å². The molecule has 0 unspecified atom stereocenters. The molecule has 4 aromatic carbocycles. The van der Waals surface area contributed by atoms with E-state index >= 15 is 0 Å². The zero-order valence-electron chi connectivity index (χ0n) is 25.7. The Kier molecular flexibility index (Phi) is 13.5. The minimum Gasteiger partial charge on any atom is -1.00 e. The fraction of sp³-hybridized carbons (Fsp3) is 0.297. The molecule has 236 valence electrons. The maximum atomic E-state index is 5.93. The van der Waals surface area contributed by atoms with Gasteiger partial charge in [-0.15, -0.1) is 0 Å². The minimum atomic E-state index is 0. The molecule has 8 heteroatoms. The predicted molar refractivity (Wildman–Crippen MR) is 170 cm³/mol. The van der Waals surface area contributed by atoms with E-state index in [2.05, 4.69) is 128 Å². The van der Waals surface area contributed by atoms with Crippen molar-refractivity contribution < 1.29 is 43.4 Å². The largest absolute Gasteiger partial charge is 1.00 e. The normalized spacial score (nSPS) is 11.0. The van der Waals surface area contributed by atoms with Gasteiger partial charge >= 0.3 is 0 Å². The zero-order valence-corrected chi connectivity index (χ0v) is 27.2. The monoisotopic (exact) mass is 644 g/mol. The molecule has 0 saturated carbocycles. The van der Waals surface area contributed by atoms with Crippen LogP contribution in [0.4, 0.5) is 0 Å². The molecular weight excluding hydrogens is 603 g/mol. The molecule has 0 bridgehead atoms. The van der Waals surface area contributed by atoms with Gasteiger partial charge in [0.15, 0.2) is 22.1 Å². The van der Waals surface area contributed by atoms with E-state index in [1.54, 1.807) is 0 Å². The highest BCUT2D eigenvalue weighted by atomic mass is 35.5. The molecule has 0 radical (unpaired) electrons. The first-order valence-corrected chi connectivity index (χ1v) is 15.5. The molecule has 0 spiro atoms. The summed E-state index contributed by atoms with van der Waals surface area (Å²) < 4.78 is 21.4. The SMILES string of the molecule is [Cl-].[Cl-].c1ccc(COCCCn2c[n+](CCC[n+]3cn(CCCOCc4ccccc4)c4ccccc43)c3ccccc32)cc1. The second-order valence-electron chi connectivity index (χ2n) is 11.1. The number of imidazole rings is 2. The molecule has 6 nitrogen and oxygen atoms in total. The molecular formula is C37H42Cl2N4O2. The first-order valence-electron chi connectivity index (χ1n) is 15.5. The smallest absolute Gasteiger partial charge is 0.244 e. The number of ether oxygens (including phenoxy) is 2. The second kappa shape index (κ2) is 17.7. The van der Waals surface area contributed by atoms with Crippen molar-refractivity contribution in [2.45, 2.75) is 58.7 Å². The Balaban J connectivity index is 0.00000230. The van der Waals surface area contributed by atoms with Crippen LogP contribution in [0.1, 0.15) is 30.4 Å². The number of fused-ring (bicyclic) bond motifs is 2. The fourth-order valence-electron chi connectivity index (χ4n) is 5.81. The lowest BCUT2D eigenvalue weighted by molar-refractivity contribution is -0.703. The van der Waals surface area contributed by atoms with Crippen molar-refractivity contribution in [2.24, 2.45) is 0 Å². The molecule has 2 heterocycles. The maximum Gasteiger partial charge on any atom is 0.244 e. The third-order valence-electron chi connectivity index (χ3n) is 7.96. The van der Waals surface area contributed by atoms with Gasteiger partial charge in [-0.25, -0.2) is 18.3 Å². The number of rotatable bonds is 16. The molecule has 0 saturated heterocycles. The van der Waals surface area contributed by atoms with Crippen LogP contribution in [0.3, 0.4) is 0 Å². The molecule has 2 aromatic heterocycles. The molecule has 0 amide bonds.